The summed E-state index contributed by atoms with van der Waals surface area (Å²) in [6, 6.07) is 18.6. The number of hydrogen-bond acceptors (Lipinski definition) is 3. The normalized spacial score (nSPS) is 30.8. The van der Waals surface area contributed by atoms with Crippen LogP contribution in [0, 0.1) is 11.8 Å². The Balaban J connectivity index is 1.52. The molecule has 1 N–H and O–H groups in total. The lowest BCUT2D eigenvalue weighted by Gasteiger charge is -2.62. The number of ether oxygens (including phenoxy) is 1. The Morgan fingerprint density at radius 2 is 1.86 bits per heavy atom. The Morgan fingerprint density at radius 1 is 1.07 bits per heavy atom. The molecule has 3 heteroatoms. The van der Waals surface area contributed by atoms with Crippen LogP contribution in [0.2, 0.25) is 0 Å². The van der Waals surface area contributed by atoms with Crippen molar-refractivity contribution in [3.63, 3.8) is 0 Å². The van der Waals surface area contributed by atoms with Gasteiger partial charge in [0.25, 0.3) is 0 Å². The predicted octanol–water partition coefficient (Wildman–Crippen LogP) is 4.78. The molecule has 2 aromatic rings. The molecule has 6 rings (SSSR count). The minimum absolute atomic E-state index is 0.334. The van der Waals surface area contributed by atoms with Crippen molar-refractivity contribution in [2.45, 2.75) is 70.2 Å². The zero-order chi connectivity index (χ0) is 20.2. The van der Waals surface area contributed by atoms with E-state index >= 15 is 0 Å². The van der Waals surface area contributed by atoms with E-state index in [0.29, 0.717) is 36.4 Å². The zero-order valence-corrected chi connectivity index (χ0v) is 17.8. The molecular weight excluding hydrogens is 358 g/mol. The first-order valence-corrected chi connectivity index (χ1v) is 11.2. The highest BCUT2D eigenvalue weighted by atomic mass is 16.5. The number of hydrogen-bond donors (Lipinski definition) is 1. The largest absolute Gasteiger partial charge is 0.494 e. The van der Waals surface area contributed by atoms with Crippen molar-refractivity contribution >= 4 is 0 Å². The third-order valence-electron chi connectivity index (χ3n) is 7.72. The number of nitrogens with zero attached hydrogens (tertiary/aromatic N) is 1. The van der Waals surface area contributed by atoms with Crippen LogP contribution in [-0.2, 0) is 13.0 Å². The summed E-state index contributed by atoms with van der Waals surface area (Å²) in [6.45, 7) is 7.77. The monoisotopic (exact) mass is 391 g/mol. The van der Waals surface area contributed by atoms with Crippen molar-refractivity contribution in [2.75, 3.05) is 6.61 Å². The molecule has 0 radical (unpaired) electrons. The number of piperidine rings is 2. The summed E-state index contributed by atoms with van der Waals surface area (Å²) in [5.74, 6) is 2.55. The Hall–Kier alpha value is -1.84. The SMILES string of the molecule is CCOc1ccc2c(c1)C1CC3C(C(C)(C)O)CC1C(C2)N3Cc1ccccc1. The third-order valence-corrected chi connectivity index (χ3v) is 7.72. The molecule has 3 nitrogen and oxygen atoms in total. The Bertz CT molecular complexity index is 872. The van der Waals surface area contributed by atoms with Crippen LogP contribution in [-0.4, -0.2) is 34.3 Å². The van der Waals surface area contributed by atoms with Gasteiger partial charge in [0.2, 0.25) is 0 Å². The minimum atomic E-state index is -0.636. The molecule has 2 saturated heterocycles. The molecule has 5 unspecified atom stereocenters. The van der Waals surface area contributed by atoms with Crippen LogP contribution < -0.4 is 4.74 Å². The summed E-state index contributed by atoms with van der Waals surface area (Å²) in [6.07, 6.45) is 3.39. The number of benzene rings is 2. The first kappa shape index (κ1) is 19.1. The van der Waals surface area contributed by atoms with Crippen LogP contribution in [0.3, 0.4) is 0 Å². The van der Waals surface area contributed by atoms with Crippen LogP contribution in [0.4, 0.5) is 0 Å². The molecule has 2 aliphatic heterocycles. The molecule has 3 fully saturated rings. The Kier molecular flexibility index (Phi) is 4.71. The van der Waals surface area contributed by atoms with Gasteiger partial charge in [-0.05, 0) is 80.7 Å². The molecule has 0 aromatic heterocycles. The van der Waals surface area contributed by atoms with E-state index < -0.39 is 5.60 Å². The van der Waals surface area contributed by atoms with Crippen LogP contribution in [0.15, 0.2) is 48.5 Å². The van der Waals surface area contributed by atoms with Crippen molar-refractivity contribution in [3.05, 3.63) is 65.2 Å². The van der Waals surface area contributed by atoms with E-state index in [1.165, 1.54) is 16.7 Å². The lowest BCUT2D eigenvalue weighted by atomic mass is 9.55. The standard InChI is InChI=1S/C26H33NO2/c1-4-29-19-11-10-18-12-24-22-14-23(26(2,3)28)25(15-21(22)20(18)13-19)27(24)16-17-8-6-5-7-9-17/h5-11,13,21-25,28H,4,12,14-16H2,1-3H3. The first-order valence-electron chi connectivity index (χ1n) is 11.2. The molecule has 2 aliphatic carbocycles. The molecule has 0 spiro atoms. The molecule has 29 heavy (non-hydrogen) atoms. The maximum Gasteiger partial charge on any atom is 0.119 e. The smallest absolute Gasteiger partial charge is 0.119 e. The maximum absolute atomic E-state index is 11.0. The van der Waals surface area contributed by atoms with Crippen LogP contribution in [0.1, 0.15) is 56.2 Å². The molecule has 4 bridgehead atoms. The van der Waals surface area contributed by atoms with Crippen LogP contribution in [0.5, 0.6) is 5.75 Å². The summed E-state index contributed by atoms with van der Waals surface area (Å²) >= 11 is 0. The fourth-order valence-corrected chi connectivity index (χ4v) is 6.50. The summed E-state index contributed by atoms with van der Waals surface area (Å²) in [4.78, 5) is 2.74. The minimum Gasteiger partial charge on any atom is -0.494 e. The molecule has 2 heterocycles. The van der Waals surface area contributed by atoms with Gasteiger partial charge in [0.15, 0.2) is 0 Å². The van der Waals surface area contributed by atoms with Gasteiger partial charge >= 0.3 is 0 Å². The highest BCUT2D eigenvalue weighted by Gasteiger charge is 2.56. The van der Waals surface area contributed by atoms with Crippen LogP contribution in [0.25, 0.3) is 0 Å². The molecule has 1 saturated carbocycles. The average Bonchev–Trinajstić information content (AvgIpc) is 2.71. The van der Waals surface area contributed by atoms with E-state index in [0.717, 1.165) is 31.6 Å². The first-order chi connectivity index (χ1) is 14.0. The van der Waals surface area contributed by atoms with E-state index in [4.69, 9.17) is 4.74 Å². The molecule has 2 aromatic carbocycles. The van der Waals surface area contributed by atoms with Gasteiger partial charge in [-0.15, -0.1) is 0 Å². The highest BCUT2D eigenvalue weighted by molar-refractivity contribution is 5.43. The zero-order valence-electron chi connectivity index (χ0n) is 17.8. The van der Waals surface area contributed by atoms with E-state index in [1.54, 1.807) is 0 Å². The van der Waals surface area contributed by atoms with Crippen molar-refractivity contribution < 1.29 is 9.84 Å². The van der Waals surface area contributed by atoms with Crippen molar-refractivity contribution in [3.8, 4) is 5.75 Å². The topological polar surface area (TPSA) is 32.7 Å². The quantitative estimate of drug-likeness (QED) is 0.796. The van der Waals surface area contributed by atoms with Crippen LogP contribution >= 0.6 is 0 Å². The third kappa shape index (κ3) is 3.29. The molecule has 0 amide bonds. The Morgan fingerprint density at radius 3 is 2.59 bits per heavy atom. The molecular formula is C26H33NO2. The fourth-order valence-electron chi connectivity index (χ4n) is 6.50. The van der Waals surface area contributed by atoms with Crippen molar-refractivity contribution in [2.24, 2.45) is 11.8 Å². The number of aliphatic hydroxyl groups is 1. The molecule has 154 valence electrons. The molecule has 5 atom stereocenters. The second-order valence-electron chi connectivity index (χ2n) is 9.79. The van der Waals surface area contributed by atoms with Gasteiger partial charge in [-0.25, -0.2) is 0 Å². The lowest BCUT2D eigenvalue weighted by molar-refractivity contribution is -0.135. The van der Waals surface area contributed by atoms with Gasteiger partial charge in [-0.1, -0.05) is 36.4 Å². The second-order valence-corrected chi connectivity index (χ2v) is 9.79. The average molecular weight is 392 g/mol. The summed E-state index contributed by atoms with van der Waals surface area (Å²) in [5.41, 5.74) is 3.75. The lowest BCUT2D eigenvalue weighted by Crippen LogP contribution is -2.66. The van der Waals surface area contributed by atoms with E-state index in [1.807, 2.05) is 20.8 Å². The van der Waals surface area contributed by atoms with Gasteiger partial charge < -0.3 is 9.84 Å². The fraction of sp³-hybridized carbons (Fsp3) is 0.538. The molecule has 4 aliphatic rings. The van der Waals surface area contributed by atoms with Gasteiger partial charge in [0, 0.05) is 24.5 Å². The maximum atomic E-state index is 11.0. The van der Waals surface area contributed by atoms with Gasteiger partial charge in [0.1, 0.15) is 5.75 Å². The van der Waals surface area contributed by atoms with Crippen molar-refractivity contribution in [1.82, 2.24) is 4.90 Å². The highest BCUT2D eigenvalue weighted by Crippen LogP contribution is 2.57. The summed E-state index contributed by atoms with van der Waals surface area (Å²) < 4.78 is 5.81. The van der Waals surface area contributed by atoms with E-state index in [-0.39, 0.29) is 0 Å². The van der Waals surface area contributed by atoms with E-state index in [2.05, 4.69) is 53.4 Å². The predicted molar refractivity (Wildman–Crippen MR) is 116 cm³/mol. The van der Waals surface area contributed by atoms with Gasteiger partial charge in [-0.3, -0.25) is 4.90 Å². The second kappa shape index (κ2) is 7.14. The number of rotatable bonds is 5. The summed E-state index contributed by atoms with van der Waals surface area (Å²) in [7, 11) is 0. The summed E-state index contributed by atoms with van der Waals surface area (Å²) in [5, 5.41) is 11.0. The Labute approximate surface area is 174 Å². The van der Waals surface area contributed by atoms with E-state index in [9.17, 15) is 5.11 Å². The van der Waals surface area contributed by atoms with Gasteiger partial charge in [0.05, 0.1) is 12.2 Å². The number of fused-ring (bicyclic) bond motifs is 2. The van der Waals surface area contributed by atoms with Crippen molar-refractivity contribution in [1.29, 1.82) is 0 Å². The van der Waals surface area contributed by atoms with Gasteiger partial charge in [-0.2, -0.15) is 0 Å².